The molecule has 0 aliphatic heterocycles. The van der Waals surface area contributed by atoms with Crippen LogP contribution in [0.25, 0.3) is 0 Å². The fourth-order valence-electron chi connectivity index (χ4n) is 7.22. The standard InChI is InChI=1S/C59H100O6/c1-4-7-10-13-16-19-22-25-28-29-32-34-37-40-43-46-49-52-58(61)64-55-56(65-59(62)53-50-47-44-41-38-35-31-27-24-21-18-15-12-9-6-3)54-63-57(60)51-48-45-42-39-36-33-30-26-23-20-17-14-11-8-5-2/h16,18-21,23,25,27-28,31-32,34,40,43,56H,4-15,17,22,24,26,29-30,33,35-39,41-42,44-55H2,1-3H3/b19-16-,21-18-,23-20-,28-25-,31-27-,34-32-,43-40-/t56-/m0/s1. The third-order valence-corrected chi connectivity index (χ3v) is 11.3. The lowest BCUT2D eigenvalue weighted by Gasteiger charge is -2.18. The Labute approximate surface area is 401 Å². The predicted octanol–water partition coefficient (Wildman–Crippen LogP) is 18.0. The van der Waals surface area contributed by atoms with Gasteiger partial charge in [-0.2, -0.15) is 0 Å². The van der Waals surface area contributed by atoms with Gasteiger partial charge in [-0.05, 0) is 116 Å². The first-order valence-corrected chi connectivity index (χ1v) is 27.1. The van der Waals surface area contributed by atoms with Gasteiger partial charge in [0.25, 0.3) is 0 Å². The average molecular weight is 905 g/mol. The summed E-state index contributed by atoms with van der Waals surface area (Å²) in [6.07, 6.45) is 68.5. The van der Waals surface area contributed by atoms with Gasteiger partial charge in [-0.3, -0.25) is 14.4 Å². The number of allylic oxidation sites excluding steroid dienone is 14. The van der Waals surface area contributed by atoms with Gasteiger partial charge in [-0.25, -0.2) is 0 Å². The highest BCUT2D eigenvalue weighted by Crippen LogP contribution is 2.13. The number of carbonyl (C=O) groups is 3. The monoisotopic (exact) mass is 905 g/mol. The van der Waals surface area contributed by atoms with Crippen LogP contribution in [0.2, 0.25) is 0 Å². The maximum Gasteiger partial charge on any atom is 0.306 e. The fraction of sp³-hybridized carbons (Fsp3) is 0.712. The Hall–Kier alpha value is -3.41. The van der Waals surface area contributed by atoms with Crippen LogP contribution >= 0.6 is 0 Å². The van der Waals surface area contributed by atoms with E-state index in [9.17, 15) is 14.4 Å². The summed E-state index contributed by atoms with van der Waals surface area (Å²) in [6.45, 7) is 6.51. The molecule has 0 spiro atoms. The number of hydrogen-bond acceptors (Lipinski definition) is 6. The van der Waals surface area contributed by atoms with Crippen LogP contribution in [0.3, 0.4) is 0 Å². The van der Waals surface area contributed by atoms with Crippen molar-refractivity contribution in [3.05, 3.63) is 85.1 Å². The molecule has 0 aliphatic rings. The lowest BCUT2D eigenvalue weighted by Crippen LogP contribution is -2.30. The van der Waals surface area contributed by atoms with E-state index >= 15 is 0 Å². The van der Waals surface area contributed by atoms with Crippen molar-refractivity contribution in [2.24, 2.45) is 0 Å². The van der Waals surface area contributed by atoms with Crippen molar-refractivity contribution in [2.75, 3.05) is 13.2 Å². The smallest absolute Gasteiger partial charge is 0.306 e. The summed E-state index contributed by atoms with van der Waals surface area (Å²) in [5.74, 6) is -0.977. The Kier molecular flexibility index (Phi) is 50.4. The van der Waals surface area contributed by atoms with Crippen LogP contribution in [0.15, 0.2) is 85.1 Å². The number of unbranched alkanes of at least 4 members (excludes halogenated alkanes) is 23. The molecular weight excluding hydrogens is 805 g/mol. The van der Waals surface area contributed by atoms with E-state index in [1.807, 2.05) is 0 Å². The molecular formula is C59H100O6. The molecule has 65 heavy (non-hydrogen) atoms. The molecule has 0 aromatic heterocycles. The molecule has 0 amide bonds. The van der Waals surface area contributed by atoms with E-state index in [0.717, 1.165) is 89.9 Å². The summed E-state index contributed by atoms with van der Waals surface area (Å²) >= 11 is 0. The molecule has 0 saturated carbocycles. The van der Waals surface area contributed by atoms with Crippen molar-refractivity contribution < 1.29 is 28.6 Å². The lowest BCUT2D eigenvalue weighted by molar-refractivity contribution is -0.167. The Morgan fingerprint density at radius 2 is 0.569 bits per heavy atom. The van der Waals surface area contributed by atoms with Gasteiger partial charge in [0.15, 0.2) is 6.10 Å². The van der Waals surface area contributed by atoms with Crippen molar-refractivity contribution in [2.45, 2.75) is 258 Å². The minimum Gasteiger partial charge on any atom is -0.462 e. The zero-order chi connectivity index (χ0) is 47.2. The molecule has 1 atom stereocenters. The minimum absolute atomic E-state index is 0.102. The van der Waals surface area contributed by atoms with Crippen molar-refractivity contribution >= 4 is 17.9 Å². The SMILES string of the molecule is CCCCC/C=C\C/C=C\C/C=C\C/C=C\CCCC(=O)OC[C@H](COC(=O)CCCCCCCCC/C=C\CCCCCC)OC(=O)CCCCCCC/C=C\C/C=C\CCCCC. The number of hydrogen-bond donors (Lipinski definition) is 0. The van der Waals surface area contributed by atoms with Crippen LogP contribution in [-0.4, -0.2) is 37.2 Å². The van der Waals surface area contributed by atoms with Crippen LogP contribution in [0.4, 0.5) is 0 Å². The second-order valence-electron chi connectivity index (χ2n) is 17.8. The first-order chi connectivity index (χ1) is 32.0. The highest BCUT2D eigenvalue weighted by Gasteiger charge is 2.19. The molecule has 0 bridgehead atoms. The fourth-order valence-corrected chi connectivity index (χ4v) is 7.22. The molecule has 0 saturated heterocycles. The number of carbonyl (C=O) groups excluding carboxylic acids is 3. The summed E-state index contributed by atoms with van der Waals surface area (Å²) in [5.41, 5.74) is 0. The molecule has 0 aromatic carbocycles. The molecule has 0 aromatic rings. The molecule has 0 fully saturated rings. The number of ether oxygens (including phenoxy) is 3. The molecule has 0 N–H and O–H groups in total. The highest BCUT2D eigenvalue weighted by molar-refractivity contribution is 5.71. The highest BCUT2D eigenvalue weighted by atomic mass is 16.6. The van der Waals surface area contributed by atoms with Crippen LogP contribution in [0.1, 0.15) is 252 Å². The normalized spacial score (nSPS) is 12.7. The van der Waals surface area contributed by atoms with Gasteiger partial charge < -0.3 is 14.2 Å². The third-order valence-electron chi connectivity index (χ3n) is 11.3. The Morgan fingerprint density at radius 1 is 0.308 bits per heavy atom. The summed E-state index contributed by atoms with van der Waals surface area (Å²) < 4.78 is 16.8. The second kappa shape index (κ2) is 53.2. The molecule has 0 heterocycles. The van der Waals surface area contributed by atoms with Gasteiger partial charge in [0.1, 0.15) is 13.2 Å². The quantitative estimate of drug-likeness (QED) is 0.0262. The molecule has 0 rings (SSSR count). The first-order valence-electron chi connectivity index (χ1n) is 27.1. The summed E-state index contributed by atoms with van der Waals surface area (Å²) in [4.78, 5) is 38.0. The van der Waals surface area contributed by atoms with Gasteiger partial charge >= 0.3 is 17.9 Å². The Bertz CT molecular complexity index is 1270. The van der Waals surface area contributed by atoms with E-state index in [1.165, 1.54) is 116 Å². The lowest BCUT2D eigenvalue weighted by atomic mass is 10.1. The Morgan fingerprint density at radius 3 is 0.969 bits per heavy atom. The first kappa shape index (κ1) is 61.6. The topological polar surface area (TPSA) is 78.9 Å². The van der Waals surface area contributed by atoms with Gasteiger partial charge in [0.05, 0.1) is 0 Å². The van der Waals surface area contributed by atoms with E-state index in [-0.39, 0.29) is 37.5 Å². The van der Waals surface area contributed by atoms with Crippen LogP contribution in [0.5, 0.6) is 0 Å². The zero-order valence-electron chi connectivity index (χ0n) is 42.5. The van der Waals surface area contributed by atoms with Gasteiger partial charge in [-0.15, -0.1) is 0 Å². The molecule has 6 nitrogen and oxygen atoms in total. The van der Waals surface area contributed by atoms with Gasteiger partial charge in [-0.1, -0.05) is 202 Å². The summed E-state index contributed by atoms with van der Waals surface area (Å²) in [7, 11) is 0. The van der Waals surface area contributed by atoms with E-state index in [2.05, 4.69) is 106 Å². The van der Waals surface area contributed by atoms with Crippen molar-refractivity contribution in [1.29, 1.82) is 0 Å². The molecule has 0 radical (unpaired) electrons. The van der Waals surface area contributed by atoms with Crippen LogP contribution in [-0.2, 0) is 28.6 Å². The number of esters is 3. The van der Waals surface area contributed by atoms with Crippen molar-refractivity contribution in [3.63, 3.8) is 0 Å². The molecule has 372 valence electrons. The molecule has 6 heteroatoms. The minimum atomic E-state index is -0.808. The van der Waals surface area contributed by atoms with Crippen LogP contribution in [0, 0.1) is 0 Å². The Balaban J connectivity index is 4.50. The zero-order valence-corrected chi connectivity index (χ0v) is 42.5. The van der Waals surface area contributed by atoms with E-state index < -0.39 is 6.10 Å². The van der Waals surface area contributed by atoms with Crippen LogP contribution < -0.4 is 0 Å². The largest absolute Gasteiger partial charge is 0.462 e. The maximum absolute atomic E-state index is 12.8. The molecule has 0 unspecified atom stereocenters. The van der Waals surface area contributed by atoms with Crippen molar-refractivity contribution in [3.8, 4) is 0 Å². The van der Waals surface area contributed by atoms with E-state index in [4.69, 9.17) is 14.2 Å². The van der Waals surface area contributed by atoms with E-state index in [0.29, 0.717) is 19.3 Å². The van der Waals surface area contributed by atoms with Crippen molar-refractivity contribution in [1.82, 2.24) is 0 Å². The van der Waals surface area contributed by atoms with Gasteiger partial charge in [0, 0.05) is 19.3 Å². The summed E-state index contributed by atoms with van der Waals surface area (Å²) in [6, 6.07) is 0. The number of rotatable bonds is 48. The maximum atomic E-state index is 12.8. The van der Waals surface area contributed by atoms with Gasteiger partial charge in [0.2, 0.25) is 0 Å². The van der Waals surface area contributed by atoms with E-state index in [1.54, 1.807) is 0 Å². The second-order valence-corrected chi connectivity index (χ2v) is 17.8. The summed E-state index contributed by atoms with van der Waals surface area (Å²) in [5, 5.41) is 0. The molecule has 0 aliphatic carbocycles. The predicted molar refractivity (Wildman–Crippen MR) is 279 cm³/mol. The third kappa shape index (κ3) is 51.4. The average Bonchev–Trinajstić information content (AvgIpc) is 3.30.